The highest BCUT2D eigenvalue weighted by Gasteiger charge is 2.24. The van der Waals surface area contributed by atoms with E-state index in [9.17, 15) is 5.11 Å². The molecule has 0 amide bonds. The standard InChI is InChI=1S/C13H14N2O/c16-10-7-12(15-8-10)11-5-1-3-9-4-2-6-14-13(9)11/h1-6,10,12,15-16H,7-8H2. The van der Waals surface area contributed by atoms with Crippen LogP contribution in [0.15, 0.2) is 36.5 Å². The Balaban J connectivity index is 2.09. The van der Waals surface area contributed by atoms with Gasteiger partial charge in [0.2, 0.25) is 0 Å². The van der Waals surface area contributed by atoms with Crippen molar-refractivity contribution in [2.75, 3.05) is 6.54 Å². The molecule has 1 aliphatic heterocycles. The number of para-hydroxylation sites is 1. The molecule has 3 heteroatoms. The van der Waals surface area contributed by atoms with Crippen LogP contribution in [0.5, 0.6) is 0 Å². The molecule has 0 radical (unpaired) electrons. The number of hydrogen-bond donors (Lipinski definition) is 2. The van der Waals surface area contributed by atoms with Gasteiger partial charge in [-0.15, -0.1) is 0 Å². The largest absolute Gasteiger partial charge is 0.392 e. The van der Waals surface area contributed by atoms with E-state index in [1.165, 1.54) is 5.56 Å². The first-order valence-electron chi connectivity index (χ1n) is 5.60. The monoisotopic (exact) mass is 214 g/mol. The smallest absolute Gasteiger partial charge is 0.0749 e. The first-order chi connectivity index (χ1) is 7.84. The lowest BCUT2D eigenvalue weighted by Crippen LogP contribution is -2.15. The topological polar surface area (TPSA) is 45.1 Å². The number of fused-ring (bicyclic) bond motifs is 1. The summed E-state index contributed by atoms with van der Waals surface area (Å²) in [5.74, 6) is 0. The van der Waals surface area contributed by atoms with Crippen LogP contribution in [-0.2, 0) is 0 Å². The van der Waals surface area contributed by atoms with E-state index in [0.29, 0.717) is 6.54 Å². The predicted molar refractivity (Wildman–Crippen MR) is 63.1 cm³/mol. The molecule has 1 fully saturated rings. The minimum Gasteiger partial charge on any atom is -0.392 e. The normalized spacial score (nSPS) is 25.1. The number of hydrogen-bond acceptors (Lipinski definition) is 3. The minimum absolute atomic E-state index is 0.230. The van der Waals surface area contributed by atoms with E-state index in [4.69, 9.17) is 0 Å². The Kier molecular flexibility index (Phi) is 2.35. The van der Waals surface area contributed by atoms with Gasteiger partial charge in [-0.1, -0.05) is 24.3 Å². The van der Waals surface area contributed by atoms with Gasteiger partial charge in [0, 0.05) is 24.2 Å². The van der Waals surface area contributed by atoms with Gasteiger partial charge in [-0.3, -0.25) is 4.98 Å². The van der Waals surface area contributed by atoms with Gasteiger partial charge in [0.25, 0.3) is 0 Å². The van der Waals surface area contributed by atoms with Crippen molar-refractivity contribution in [1.82, 2.24) is 10.3 Å². The van der Waals surface area contributed by atoms with Crippen LogP contribution in [0.3, 0.4) is 0 Å². The minimum atomic E-state index is -0.232. The maximum Gasteiger partial charge on any atom is 0.0749 e. The van der Waals surface area contributed by atoms with Crippen LogP contribution >= 0.6 is 0 Å². The molecule has 82 valence electrons. The molecule has 3 nitrogen and oxygen atoms in total. The van der Waals surface area contributed by atoms with Gasteiger partial charge < -0.3 is 10.4 Å². The van der Waals surface area contributed by atoms with Gasteiger partial charge in [0.15, 0.2) is 0 Å². The van der Waals surface area contributed by atoms with Crippen molar-refractivity contribution in [3.8, 4) is 0 Å². The Morgan fingerprint density at radius 2 is 2.12 bits per heavy atom. The molecule has 2 aromatic rings. The fourth-order valence-corrected chi connectivity index (χ4v) is 2.36. The number of β-amino-alcohol motifs (C(OH)–C–C–N with tert-alkyl or cyclic N) is 1. The Morgan fingerprint density at radius 1 is 1.25 bits per heavy atom. The Morgan fingerprint density at radius 3 is 2.94 bits per heavy atom. The Bertz CT molecular complexity index is 507. The van der Waals surface area contributed by atoms with E-state index < -0.39 is 0 Å². The zero-order valence-electron chi connectivity index (χ0n) is 8.93. The number of nitrogens with zero attached hydrogens (tertiary/aromatic N) is 1. The summed E-state index contributed by atoms with van der Waals surface area (Å²) in [6.07, 6.45) is 2.36. The molecule has 1 saturated heterocycles. The van der Waals surface area contributed by atoms with Crippen LogP contribution in [0.4, 0.5) is 0 Å². The number of pyridine rings is 1. The molecule has 0 spiro atoms. The lowest BCUT2D eigenvalue weighted by Gasteiger charge is -2.12. The SMILES string of the molecule is OC1CNC(c2cccc3cccnc23)C1. The molecule has 0 saturated carbocycles. The molecule has 16 heavy (non-hydrogen) atoms. The summed E-state index contributed by atoms with van der Waals surface area (Å²) in [7, 11) is 0. The molecular formula is C13H14N2O. The van der Waals surface area contributed by atoms with E-state index in [0.717, 1.165) is 17.3 Å². The zero-order valence-corrected chi connectivity index (χ0v) is 8.93. The van der Waals surface area contributed by atoms with Crippen LogP contribution in [-0.4, -0.2) is 22.7 Å². The third kappa shape index (κ3) is 1.58. The van der Waals surface area contributed by atoms with Crippen molar-refractivity contribution in [2.45, 2.75) is 18.6 Å². The highest BCUT2D eigenvalue weighted by Crippen LogP contribution is 2.28. The van der Waals surface area contributed by atoms with E-state index in [1.807, 2.05) is 18.3 Å². The second-order valence-corrected chi connectivity index (χ2v) is 4.27. The quantitative estimate of drug-likeness (QED) is 0.758. The van der Waals surface area contributed by atoms with Crippen LogP contribution in [0, 0.1) is 0 Å². The van der Waals surface area contributed by atoms with Crippen molar-refractivity contribution in [1.29, 1.82) is 0 Å². The van der Waals surface area contributed by atoms with Crippen LogP contribution in [0.2, 0.25) is 0 Å². The molecule has 2 heterocycles. The number of aliphatic hydroxyl groups excluding tert-OH is 1. The van der Waals surface area contributed by atoms with Gasteiger partial charge in [-0.25, -0.2) is 0 Å². The second kappa shape index (κ2) is 3.85. The van der Waals surface area contributed by atoms with E-state index in [-0.39, 0.29) is 12.1 Å². The predicted octanol–water partition coefficient (Wildman–Crippen LogP) is 1.63. The van der Waals surface area contributed by atoms with Crippen molar-refractivity contribution in [3.05, 3.63) is 42.1 Å². The molecule has 1 aromatic carbocycles. The summed E-state index contributed by atoms with van der Waals surface area (Å²) in [5, 5.41) is 14.0. The second-order valence-electron chi connectivity index (χ2n) is 4.27. The fourth-order valence-electron chi connectivity index (χ4n) is 2.36. The first-order valence-corrected chi connectivity index (χ1v) is 5.60. The molecule has 2 unspecified atom stereocenters. The summed E-state index contributed by atoms with van der Waals surface area (Å²) in [6, 6.07) is 10.4. The molecule has 3 rings (SSSR count). The third-order valence-corrected chi connectivity index (χ3v) is 3.15. The zero-order chi connectivity index (χ0) is 11.0. The maximum absolute atomic E-state index is 9.55. The molecule has 1 aliphatic rings. The van der Waals surface area contributed by atoms with Crippen molar-refractivity contribution in [2.24, 2.45) is 0 Å². The Labute approximate surface area is 94.1 Å². The van der Waals surface area contributed by atoms with E-state index >= 15 is 0 Å². The molecule has 1 aromatic heterocycles. The van der Waals surface area contributed by atoms with Gasteiger partial charge in [0.05, 0.1) is 11.6 Å². The summed E-state index contributed by atoms with van der Waals surface area (Å²) >= 11 is 0. The molecular weight excluding hydrogens is 200 g/mol. The highest BCUT2D eigenvalue weighted by molar-refractivity contribution is 5.82. The molecule has 2 N–H and O–H groups in total. The average Bonchev–Trinajstić information content (AvgIpc) is 2.75. The van der Waals surface area contributed by atoms with Crippen LogP contribution in [0.25, 0.3) is 10.9 Å². The fraction of sp³-hybridized carbons (Fsp3) is 0.308. The summed E-state index contributed by atoms with van der Waals surface area (Å²) in [4.78, 5) is 4.43. The van der Waals surface area contributed by atoms with Gasteiger partial charge in [-0.2, -0.15) is 0 Å². The van der Waals surface area contributed by atoms with E-state index in [2.05, 4.69) is 28.5 Å². The first kappa shape index (κ1) is 9.75. The lowest BCUT2D eigenvalue weighted by atomic mass is 10.0. The molecule has 0 aliphatic carbocycles. The van der Waals surface area contributed by atoms with Gasteiger partial charge in [0.1, 0.15) is 0 Å². The molecule has 0 bridgehead atoms. The van der Waals surface area contributed by atoms with Crippen LogP contribution in [0.1, 0.15) is 18.0 Å². The number of aromatic nitrogens is 1. The highest BCUT2D eigenvalue weighted by atomic mass is 16.3. The number of rotatable bonds is 1. The van der Waals surface area contributed by atoms with Gasteiger partial charge >= 0.3 is 0 Å². The average molecular weight is 214 g/mol. The van der Waals surface area contributed by atoms with Crippen LogP contribution < -0.4 is 5.32 Å². The Hall–Kier alpha value is -1.45. The number of nitrogens with one attached hydrogen (secondary N) is 1. The molecule has 2 atom stereocenters. The summed E-state index contributed by atoms with van der Waals surface area (Å²) < 4.78 is 0. The van der Waals surface area contributed by atoms with E-state index in [1.54, 1.807) is 0 Å². The van der Waals surface area contributed by atoms with Crippen molar-refractivity contribution < 1.29 is 5.11 Å². The lowest BCUT2D eigenvalue weighted by molar-refractivity contribution is 0.193. The van der Waals surface area contributed by atoms with Crippen molar-refractivity contribution in [3.63, 3.8) is 0 Å². The van der Waals surface area contributed by atoms with Crippen molar-refractivity contribution >= 4 is 10.9 Å². The maximum atomic E-state index is 9.55. The summed E-state index contributed by atoms with van der Waals surface area (Å²) in [5.41, 5.74) is 2.23. The summed E-state index contributed by atoms with van der Waals surface area (Å²) in [6.45, 7) is 0.674. The third-order valence-electron chi connectivity index (χ3n) is 3.15. The number of benzene rings is 1. The van der Waals surface area contributed by atoms with Gasteiger partial charge in [-0.05, 0) is 18.1 Å². The number of aliphatic hydroxyl groups is 1.